The summed E-state index contributed by atoms with van der Waals surface area (Å²) in [6.07, 6.45) is -0.980. The molecule has 2 amide bonds. The number of nitrogens with zero attached hydrogens (tertiary/aromatic N) is 1. The molecule has 4 N–H and O–H groups in total. The van der Waals surface area contributed by atoms with E-state index >= 15 is 0 Å². The molecule has 0 spiro atoms. The van der Waals surface area contributed by atoms with Crippen molar-refractivity contribution < 1.29 is 24.5 Å². The zero-order valence-electron chi connectivity index (χ0n) is 29.2. The van der Waals surface area contributed by atoms with Gasteiger partial charge in [-0.05, 0) is 52.9 Å². The molecule has 1 aliphatic rings. The quantitative estimate of drug-likeness (QED) is 0.103. The van der Waals surface area contributed by atoms with Gasteiger partial charge in [-0.25, -0.2) is 4.79 Å². The number of rotatable bonds is 13. The third-order valence-electron chi connectivity index (χ3n) is 9.65. The number of amides is 2. The van der Waals surface area contributed by atoms with Gasteiger partial charge in [-0.3, -0.25) is 4.90 Å². The molecule has 0 bridgehead atoms. The Morgan fingerprint density at radius 2 is 1.39 bits per heavy atom. The lowest BCUT2D eigenvalue weighted by Gasteiger charge is -2.39. The minimum Gasteiger partial charge on any atom is -0.392 e. The van der Waals surface area contributed by atoms with E-state index in [2.05, 4.69) is 33.7 Å². The summed E-state index contributed by atoms with van der Waals surface area (Å²) < 4.78 is 13.2. The largest absolute Gasteiger partial charge is 0.392 e. The van der Waals surface area contributed by atoms with Gasteiger partial charge in [0, 0.05) is 37.7 Å². The lowest BCUT2D eigenvalue weighted by molar-refractivity contribution is -0.253. The van der Waals surface area contributed by atoms with Crippen LogP contribution in [0.2, 0.25) is 0 Å². The number of aliphatic hydroxyl groups is 2. The van der Waals surface area contributed by atoms with E-state index in [0.717, 1.165) is 44.5 Å². The molecule has 5 aromatic rings. The maximum absolute atomic E-state index is 12.6. The summed E-state index contributed by atoms with van der Waals surface area (Å²) in [5.41, 5.74) is 7.76. The van der Waals surface area contributed by atoms with Crippen LogP contribution >= 0.6 is 0 Å². The number of likely N-dealkylation sites (N-methyl/N-ethyl adjacent to an activating group) is 1. The Hall–Kier alpha value is -4.83. The molecule has 0 aromatic heterocycles. The molecule has 264 valence electrons. The predicted molar refractivity (Wildman–Crippen MR) is 199 cm³/mol. The first-order valence-corrected chi connectivity index (χ1v) is 17.6. The molecule has 1 fully saturated rings. The Balaban J connectivity index is 1.15. The highest BCUT2D eigenvalue weighted by Crippen LogP contribution is 2.39. The van der Waals surface area contributed by atoms with E-state index in [9.17, 15) is 15.0 Å². The molecule has 8 heteroatoms. The molecular weight excluding hydrogens is 638 g/mol. The molecule has 8 nitrogen and oxygen atoms in total. The summed E-state index contributed by atoms with van der Waals surface area (Å²) in [6.45, 7) is 3.47. The first-order chi connectivity index (χ1) is 24.9. The molecular formula is C43H47N3O5. The van der Waals surface area contributed by atoms with Gasteiger partial charge in [0.2, 0.25) is 0 Å². The lowest BCUT2D eigenvalue weighted by Crippen LogP contribution is -2.43. The Kier molecular flexibility index (Phi) is 12.3. The number of carbonyl (C=O) groups is 1. The van der Waals surface area contributed by atoms with E-state index in [-0.39, 0.29) is 30.9 Å². The number of ether oxygens (including phenoxy) is 2. The van der Waals surface area contributed by atoms with Crippen molar-refractivity contribution in [3.05, 3.63) is 167 Å². The van der Waals surface area contributed by atoms with Crippen molar-refractivity contribution in [2.75, 3.05) is 13.6 Å². The van der Waals surface area contributed by atoms with Gasteiger partial charge in [-0.1, -0.05) is 133 Å². The molecule has 0 unspecified atom stereocenters. The maximum atomic E-state index is 12.6. The Morgan fingerprint density at radius 3 is 2.10 bits per heavy atom. The molecule has 1 saturated heterocycles. The van der Waals surface area contributed by atoms with Gasteiger partial charge in [0.25, 0.3) is 0 Å². The second-order valence-electron chi connectivity index (χ2n) is 13.2. The van der Waals surface area contributed by atoms with Crippen molar-refractivity contribution in [1.82, 2.24) is 15.5 Å². The highest BCUT2D eigenvalue weighted by Gasteiger charge is 2.34. The molecule has 51 heavy (non-hydrogen) atoms. The van der Waals surface area contributed by atoms with Crippen LogP contribution in [0.5, 0.6) is 0 Å². The fourth-order valence-corrected chi connectivity index (χ4v) is 6.48. The molecule has 1 aliphatic heterocycles. The van der Waals surface area contributed by atoms with E-state index in [1.165, 1.54) is 0 Å². The van der Waals surface area contributed by atoms with Crippen LogP contribution in [0.4, 0.5) is 4.79 Å². The van der Waals surface area contributed by atoms with Crippen molar-refractivity contribution in [1.29, 1.82) is 0 Å². The highest BCUT2D eigenvalue weighted by atomic mass is 16.7. The van der Waals surface area contributed by atoms with Crippen molar-refractivity contribution in [3.8, 4) is 11.1 Å². The first kappa shape index (κ1) is 36.0. The van der Waals surface area contributed by atoms with Crippen LogP contribution in [0.25, 0.3) is 11.1 Å². The van der Waals surface area contributed by atoms with E-state index in [4.69, 9.17) is 9.47 Å². The summed E-state index contributed by atoms with van der Waals surface area (Å²) >= 11 is 0. The van der Waals surface area contributed by atoms with Gasteiger partial charge in [0.15, 0.2) is 6.29 Å². The molecule has 5 aromatic carbocycles. The number of nitrogens with one attached hydrogen (secondary N) is 2. The molecule has 5 atom stereocenters. The molecule has 0 radical (unpaired) electrons. The van der Waals surface area contributed by atoms with Gasteiger partial charge in [-0.15, -0.1) is 0 Å². The number of aliphatic hydroxyl groups excluding tert-OH is 2. The van der Waals surface area contributed by atoms with Gasteiger partial charge in [0.1, 0.15) is 0 Å². The van der Waals surface area contributed by atoms with Gasteiger partial charge in [-0.2, -0.15) is 0 Å². The first-order valence-electron chi connectivity index (χ1n) is 17.6. The summed E-state index contributed by atoms with van der Waals surface area (Å²) in [7, 11) is 2.02. The molecule has 6 rings (SSSR count). The summed E-state index contributed by atoms with van der Waals surface area (Å²) in [6, 6.07) is 43.3. The standard InChI is InChI=1S/C43H47N3O5/c1-30(41(48)35-13-7-4-8-14-35)46(2)28-38-25-40(34-19-17-32(29-47)18-20-34)51-42(50-38)36-23-21-33(22-24-36)39-16-10-9-15-37(39)27-45-43(49)44-26-31-11-5-3-6-12-31/h3-24,30,38,40-42,47-48H,25-29H2,1-2H3,(H2,44,45,49)/t30-,38-,40+,41-,42+/m0/s1. The predicted octanol–water partition coefficient (Wildman–Crippen LogP) is 7.44. The van der Waals surface area contributed by atoms with Crippen LogP contribution in [-0.4, -0.2) is 46.9 Å². The zero-order chi connectivity index (χ0) is 35.6. The number of hydrogen-bond acceptors (Lipinski definition) is 6. The van der Waals surface area contributed by atoms with Gasteiger partial charge in [0.05, 0.1) is 24.9 Å². The second kappa shape index (κ2) is 17.4. The molecule has 1 heterocycles. The fourth-order valence-electron chi connectivity index (χ4n) is 6.48. The van der Waals surface area contributed by atoms with Gasteiger partial charge >= 0.3 is 6.03 Å². The van der Waals surface area contributed by atoms with Crippen LogP contribution in [0.1, 0.15) is 65.2 Å². The fraction of sp³-hybridized carbons (Fsp3) is 0.279. The Labute approximate surface area is 300 Å². The normalized spacial score (nSPS) is 18.6. The topological polar surface area (TPSA) is 103 Å². The number of carbonyl (C=O) groups excluding carboxylic acids is 1. The van der Waals surface area contributed by atoms with Crippen molar-refractivity contribution >= 4 is 6.03 Å². The third kappa shape index (κ3) is 9.49. The lowest BCUT2D eigenvalue weighted by atomic mass is 9.97. The average Bonchev–Trinajstić information content (AvgIpc) is 3.19. The number of benzene rings is 5. The minimum absolute atomic E-state index is 0.0143. The van der Waals surface area contributed by atoms with Crippen LogP contribution in [-0.2, 0) is 29.2 Å². The Bertz CT molecular complexity index is 1820. The summed E-state index contributed by atoms with van der Waals surface area (Å²) in [5.74, 6) is 0. The second-order valence-corrected chi connectivity index (χ2v) is 13.2. The number of hydrogen-bond donors (Lipinski definition) is 4. The monoisotopic (exact) mass is 685 g/mol. The number of urea groups is 1. The van der Waals surface area contributed by atoms with Crippen LogP contribution in [0.3, 0.4) is 0 Å². The zero-order valence-corrected chi connectivity index (χ0v) is 29.2. The SMILES string of the molecule is C[C@@H]([C@H](O)c1ccccc1)N(C)C[C@@H]1C[C@H](c2ccc(CO)cc2)O[C@H](c2ccc(-c3ccccc3CNC(=O)NCc3ccccc3)cc2)O1. The summed E-state index contributed by atoms with van der Waals surface area (Å²) in [4.78, 5) is 14.7. The smallest absolute Gasteiger partial charge is 0.315 e. The van der Waals surface area contributed by atoms with Crippen LogP contribution in [0.15, 0.2) is 133 Å². The van der Waals surface area contributed by atoms with E-state index in [0.29, 0.717) is 26.1 Å². The van der Waals surface area contributed by atoms with E-state index < -0.39 is 12.4 Å². The van der Waals surface area contributed by atoms with Crippen molar-refractivity contribution in [2.45, 2.75) is 63.7 Å². The molecule has 0 aliphatic carbocycles. The van der Waals surface area contributed by atoms with Crippen molar-refractivity contribution in [2.24, 2.45) is 0 Å². The highest BCUT2D eigenvalue weighted by molar-refractivity contribution is 5.75. The maximum Gasteiger partial charge on any atom is 0.315 e. The van der Waals surface area contributed by atoms with Crippen LogP contribution in [0, 0.1) is 0 Å². The average molecular weight is 686 g/mol. The van der Waals surface area contributed by atoms with Gasteiger partial charge < -0.3 is 30.3 Å². The minimum atomic E-state index is -0.636. The van der Waals surface area contributed by atoms with Crippen molar-refractivity contribution in [3.63, 3.8) is 0 Å². The third-order valence-corrected chi connectivity index (χ3v) is 9.65. The van der Waals surface area contributed by atoms with E-state index in [1.54, 1.807) is 0 Å². The Morgan fingerprint density at radius 1 is 0.765 bits per heavy atom. The summed E-state index contributed by atoms with van der Waals surface area (Å²) in [5, 5.41) is 26.6. The van der Waals surface area contributed by atoms with E-state index in [1.807, 2.05) is 129 Å². The molecule has 0 saturated carbocycles. The van der Waals surface area contributed by atoms with Crippen LogP contribution < -0.4 is 10.6 Å².